The molecule has 3 saturated heterocycles. The normalized spacial score (nSPS) is 26.0. The SMILES string of the molecule is CC1(C)OB(c2ccc(OC3CCN(CC4CCOCC4)CC3)cc2)OC1(C)C. The van der Waals surface area contributed by atoms with E-state index in [1.165, 1.54) is 19.4 Å². The monoisotopic (exact) mass is 401 g/mol. The second-order valence-electron chi connectivity index (χ2n) is 9.83. The summed E-state index contributed by atoms with van der Waals surface area (Å²) in [6, 6.07) is 8.24. The van der Waals surface area contributed by atoms with Crippen LogP contribution >= 0.6 is 0 Å². The maximum atomic E-state index is 6.26. The van der Waals surface area contributed by atoms with E-state index in [9.17, 15) is 0 Å². The molecule has 29 heavy (non-hydrogen) atoms. The molecule has 0 unspecified atom stereocenters. The topological polar surface area (TPSA) is 40.2 Å². The van der Waals surface area contributed by atoms with Crippen LogP contribution in [0.4, 0.5) is 0 Å². The fourth-order valence-electron chi connectivity index (χ4n) is 4.38. The first-order valence-electron chi connectivity index (χ1n) is 11.2. The molecule has 1 aromatic rings. The highest BCUT2D eigenvalue weighted by Crippen LogP contribution is 2.36. The number of piperidine rings is 1. The van der Waals surface area contributed by atoms with Gasteiger partial charge in [0.15, 0.2) is 0 Å². The van der Waals surface area contributed by atoms with Crippen LogP contribution in [-0.4, -0.2) is 62.2 Å². The van der Waals surface area contributed by atoms with Crippen LogP contribution in [0.5, 0.6) is 5.75 Å². The zero-order valence-corrected chi connectivity index (χ0v) is 18.5. The number of nitrogens with zero attached hydrogens (tertiary/aromatic N) is 1. The third-order valence-electron chi connectivity index (χ3n) is 7.10. The zero-order valence-electron chi connectivity index (χ0n) is 18.5. The van der Waals surface area contributed by atoms with Gasteiger partial charge in [-0.1, -0.05) is 12.1 Å². The summed E-state index contributed by atoms with van der Waals surface area (Å²) in [7, 11) is -0.317. The largest absolute Gasteiger partial charge is 0.494 e. The first kappa shape index (κ1) is 21.2. The standard InChI is InChI=1S/C23H36BNO4/c1-22(2)23(3,4)29-24(28-22)19-5-7-20(8-6-19)27-21-9-13-25(14-10-21)17-18-11-15-26-16-12-18/h5-8,18,21H,9-17H2,1-4H3. The van der Waals surface area contributed by atoms with E-state index in [2.05, 4.69) is 56.9 Å². The van der Waals surface area contributed by atoms with Gasteiger partial charge in [-0.15, -0.1) is 0 Å². The third kappa shape index (κ3) is 4.99. The Morgan fingerprint density at radius 3 is 2.10 bits per heavy atom. The van der Waals surface area contributed by atoms with E-state index < -0.39 is 0 Å². The van der Waals surface area contributed by atoms with Crippen molar-refractivity contribution in [1.29, 1.82) is 0 Å². The van der Waals surface area contributed by atoms with E-state index in [1.54, 1.807) is 0 Å². The molecule has 0 aliphatic carbocycles. The van der Waals surface area contributed by atoms with Gasteiger partial charge >= 0.3 is 7.12 Å². The van der Waals surface area contributed by atoms with Gasteiger partial charge in [-0.05, 0) is 76.9 Å². The van der Waals surface area contributed by atoms with E-state index in [-0.39, 0.29) is 18.3 Å². The Balaban J connectivity index is 1.25. The summed E-state index contributed by atoms with van der Waals surface area (Å²) >= 11 is 0. The Bertz CT molecular complexity index is 648. The predicted molar refractivity (Wildman–Crippen MR) is 116 cm³/mol. The first-order chi connectivity index (χ1) is 13.8. The zero-order chi connectivity index (χ0) is 20.5. The average molecular weight is 401 g/mol. The fraction of sp³-hybridized carbons (Fsp3) is 0.739. The molecule has 3 aliphatic rings. The van der Waals surface area contributed by atoms with Crippen molar-refractivity contribution in [3.8, 4) is 5.75 Å². The van der Waals surface area contributed by atoms with Crippen molar-refractivity contribution in [1.82, 2.24) is 4.90 Å². The molecule has 3 heterocycles. The minimum Gasteiger partial charge on any atom is -0.490 e. The van der Waals surface area contributed by atoms with Gasteiger partial charge in [0.2, 0.25) is 0 Å². The summed E-state index contributed by atoms with van der Waals surface area (Å²) in [5, 5.41) is 0. The highest BCUT2D eigenvalue weighted by Gasteiger charge is 2.51. The lowest BCUT2D eigenvalue weighted by Crippen LogP contribution is -2.41. The minimum atomic E-state index is -0.317. The van der Waals surface area contributed by atoms with Crippen molar-refractivity contribution >= 4 is 12.6 Å². The number of benzene rings is 1. The molecule has 0 atom stereocenters. The number of likely N-dealkylation sites (tertiary alicyclic amines) is 1. The number of hydrogen-bond acceptors (Lipinski definition) is 5. The van der Waals surface area contributed by atoms with Gasteiger partial charge in [0.25, 0.3) is 0 Å². The second-order valence-corrected chi connectivity index (χ2v) is 9.83. The van der Waals surface area contributed by atoms with Crippen molar-refractivity contribution in [3.63, 3.8) is 0 Å². The van der Waals surface area contributed by atoms with Gasteiger partial charge in [-0.2, -0.15) is 0 Å². The Morgan fingerprint density at radius 1 is 0.931 bits per heavy atom. The molecule has 0 amide bonds. The van der Waals surface area contributed by atoms with Gasteiger partial charge in [0.05, 0.1) is 11.2 Å². The smallest absolute Gasteiger partial charge is 0.490 e. The highest BCUT2D eigenvalue weighted by molar-refractivity contribution is 6.62. The molecule has 0 saturated carbocycles. The summed E-state index contributed by atoms with van der Waals surface area (Å²) < 4.78 is 24.0. The lowest BCUT2D eigenvalue weighted by atomic mass is 9.79. The van der Waals surface area contributed by atoms with Gasteiger partial charge in [-0.3, -0.25) is 0 Å². The molecule has 0 N–H and O–H groups in total. The first-order valence-corrected chi connectivity index (χ1v) is 11.2. The van der Waals surface area contributed by atoms with E-state index in [1.807, 2.05) is 0 Å². The summed E-state index contributed by atoms with van der Waals surface area (Å²) in [5.74, 6) is 1.75. The molecule has 4 rings (SSSR count). The summed E-state index contributed by atoms with van der Waals surface area (Å²) in [4.78, 5) is 2.61. The van der Waals surface area contributed by atoms with E-state index in [4.69, 9.17) is 18.8 Å². The van der Waals surface area contributed by atoms with Gasteiger partial charge in [0.1, 0.15) is 11.9 Å². The minimum absolute atomic E-state index is 0.309. The van der Waals surface area contributed by atoms with Crippen molar-refractivity contribution in [2.45, 2.75) is 70.7 Å². The van der Waals surface area contributed by atoms with Crippen molar-refractivity contribution in [3.05, 3.63) is 24.3 Å². The summed E-state index contributed by atoms with van der Waals surface area (Å²) in [5.41, 5.74) is 0.416. The molecule has 3 fully saturated rings. The molecule has 0 radical (unpaired) electrons. The van der Waals surface area contributed by atoms with Crippen LogP contribution in [0.15, 0.2) is 24.3 Å². The Hall–Kier alpha value is -1.08. The second kappa shape index (κ2) is 8.58. The Labute approximate surface area is 176 Å². The van der Waals surface area contributed by atoms with E-state index in [0.717, 1.165) is 56.3 Å². The van der Waals surface area contributed by atoms with Crippen LogP contribution in [0.3, 0.4) is 0 Å². The van der Waals surface area contributed by atoms with E-state index in [0.29, 0.717) is 6.10 Å². The number of ether oxygens (including phenoxy) is 2. The molecule has 6 heteroatoms. The molecule has 3 aliphatic heterocycles. The molecule has 160 valence electrons. The van der Waals surface area contributed by atoms with Crippen LogP contribution in [0.1, 0.15) is 53.4 Å². The van der Waals surface area contributed by atoms with Crippen LogP contribution in [-0.2, 0) is 14.0 Å². The van der Waals surface area contributed by atoms with E-state index >= 15 is 0 Å². The Morgan fingerprint density at radius 2 is 1.52 bits per heavy atom. The molecule has 0 spiro atoms. The fourth-order valence-corrected chi connectivity index (χ4v) is 4.38. The van der Waals surface area contributed by atoms with Gasteiger partial charge < -0.3 is 23.7 Å². The third-order valence-corrected chi connectivity index (χ3v) is 7.10. The number of rotatable bonds is 5. The lowest BCUT2D eigenvalue weighted by molar-refractivity contribution is 0.00578. The lowest BCUT2D eigenvalue weighted by Gasteiger charge is -2.35. The molecule has 5 nitrogen and oxygen atoms in total. The maximum Gasteiger partial charge on any atom is 0.494 e. The van der Waals surface area contributed by atoms with Gasteiger partial charge in [0, 0.05) is 32.8 Å². The van der Waals surface area contributed by atoms with Crippen LogP contribution in [0, 0.1) is 5.92 Å². The van der Waals surface area contributed by atoms with Crippen LogP contribution in [0.2, 0.25) is 0 Å². The highest BCUT2D eigenvalue weighted by atomic mass is 16.7. The van der Waals surface area contributed by atoms with Crippen LogP contribution in [0.25, 0.3) is 0 Å². The summed E-state index contributed by atoms with van der Waals surface area (Å²) in [6.07, 6.45) is 4.94. The summed E-state index contributed by atoms with van der Waals surface area (Å²) in [6.45, 7) is 13.7. The Kier molecular flexibility index (Phi) is 6.26. The van der Waals surface area contributed by atoms with Crippen molar-refractivity contribution in [2.75, 3.05) is 32.8 Å². The van der Waals surface area contributed by atoms with Crippen molar-refractivity contribution < 1.29 is 18.8 Å². The molecular formula is C23H36BNO4. The average Bonchev–Trinajstić information content (AvgIpc) is 2.92. The van der Waals surface area contributed by atoms with Gasteiger partial charge in [-0.25, -0.2) is 0 Å². The molecular weight excluding hydrogens is 365 g/mol. The van der Waals surface area contributed by atoms with Crippen LogP contribution < -0.4 is 10.2 Å². The van der Waals surface area contributed by atoms with Crippen molar-refractivity contribution in [2.24, 2.45) is 5.92 Å². The maximum absolute atomic E-state index is 6.26. The molecule has 1 aromatic carbocycles. The quantitative estimate of drug-likeness (QED) is 0.709. The molecule has 0 bridgehead atoms. The predicted octanol–water partition coefficient (Wildman–Crippen LogP) is 3.26. The number of hydrogen-bond donors (Lipinski definition) is 0. The molecule has 0 aromatic heterocycles.